The summed E-state index contributed by atoms with van der Waals surface area (Å²) in [6.45, 7) is 1.78. The summed E-state index contributed by atoms with van der Waals surface area (Å²) < 4.78 is 0. The van der Waals surface area contributed by atoms with Gasteiger partial charge in [-0.1, -0.05) is 96.0 Å². The second kappa shape index (κ2) is 15.5. The summed E-state index contributed by atoms with van der Waals surface area (Å²) >= 11 is 13.6. The summed E-state index contributed by atoms with van der Waals surface area (Å²) in [4.78, 5) is 40.1. The number of hydrogen-bond donors (Lipinski definition) is 3. The smallest absolute Gasteiger partial charge is 0.272 e. The summed E-state index contributed by atoms with van der Waals surface area (Å²) in [7, 11) is 0. The van der Waals surface area contributed by atoms with Crippen LogP contribution in [0.15, 0.2) is 138 Å². The Morgan fingerprint density at radius 3 is 2.02 bits per heavy atom. The molecule has 0 saturated carbocycles. The van der Waals surface area contributed by atoms with Crippen LogP contribution in [-0.2, 0) is 9.59 Å². The summed E-state index contributed by atoms with van der Waals surface area (Å²) in [5.74, 6) is -1.11. The topological polar surface area (TPSA) is 87.3 Å². The fourth-order valence-corrected chi connectivity index (χ4v) is 5.62. The van der Waals surface area contributed by atoms with Gasteiger partial charge in [-0.2, -0.15) is 0 Å². The molecule has 230 valence electrons. The Kier molecular flexibility index (Phi) is 10.9. The standard InChI is InChI=1S/C37H29Cl2N3O3S/c1-24(35(43)41-33-23-29(38)16-21-32(33)39)46-31-19-17-30(18-20-31)40-37(45)34(42-36(44)28-10-6-3-7-11-28)22-25-12-14-27(15-13-25)26-8-4-2-5-9-26/h2-24H,1H3,(H,40,45)(H,41,43)(H,42,44)/b34-22-. The van der Waals surface area contributed by atoms with E-state index < -0.39 is 17.1 Å². The summed E-state index contributed by atoms with van der Waals surface area (Å²) in [6, 6.07) is 38.4. The highest BCUT2D eigenvalue weighted by Gasteiger charge is 2.18. The molecule has 0 aromatic heterocycles. The number of halogens is 2. The molecular weight excluding hydrogens is 637 g/mol. The fourth-order valence-electron chi connectivity index (χ4n) is 4.41. The van der Waals surface area contributed by atoms with Crippen molar-refractivity contribution < 1.29 is 14.4 Å². The normalized spacial score (nSPS) is 11.8. The maximum Gasteiger partial charge on any atom is 0.272 e. The molecule has 0 aliphatic heterocycles. The Morgan fingerprint density at radius 2 is 1.35 bits per heavy atom. The SMILES string of the molecule is CC(Sc1ccc(NC(=O)/C(=C/c2ccc(-c3ccccc3)cc2)NC(=O)c2ccccc2)cc1)C(=O)Nc1cc(Cl)ccc1Cl. The van der Waals surface area contributed by atoms with Crippen molar-refractivity contribution in [2.75, 3.05) is 10.6 Å². The highest BCUT2D eigenvalue weighted by atomic mass is 35.5. The second-order valence-electron chi connectivity index (χ2n) is 10.2. The molecule has 0 heterocycles. The van der Waals surface area contributed by atoms with E-state index in [1.807, 2.05) is 72.8 Å². The van der Waals surface area contributed by atoms with Crippen LogP contribution >= 0.6 is 35.0 Å². The van der Waals surface area contributed by atoms with Crippen molar-refractivity contribution in [1.29, 1.82) is 0 Å². The van der Waals surface area contributed by atoms with Gasteiger partial charge in [-0.25, -0.2) is 0 Å². The van der Waals surface area contributed by atoms with Crippen LogP contribution in [0.25, 0.3) is 17.2 Å². The lowest BCUT2D eigenvalue weighted by atomic mass is 10.0. The van der Waals surface area contributed by atoms with Crippen LogP contribution in [0.1, 0.15) is 22.8 Å². The summed E-state index contributed by atoms with van der Waals surface area (Å²) in [5, 5.41) is 8.87. The van der Waals surface area contributed by atoms with Gasteiger partial charge >= 0.3 is 0 Å². The molecule has 6 nitrogen and oxygen atoms in total. The molecule has 1 atom stereocenters. The molecule has 0 aliphatic carbocycles. The van der Waals surface area contributed by atoms with Crippen molar-refractivity contribution in [2.45, 2.75) is 17.1 Å². The van der Waals surface area contributed by atoms with Gasteiger partial charge in [0.05, 0.1) is 16.0 Å². The maximum atomic E-state index is 13.5. The van der Waals surface area contributed by atoms with E-state index in [-0.39, 0.29) is 11.6 Å². The van der Waals surface area contributed by atoms with E-state index in [9.17, 15) is 14.4 Å². The first-order valence-electron chi connectivity index (χ1n) is 14.3. The molecule has 0 fully saturated rings. The highest BCUT2D eigenvalue weighted by molar-refractivity contribution is 8.00. The molecule has 3 amide bonds. The second-order valence-corrected chi connectivity index (χ2v) is 12.5. The van der Waals surface area contributed by atoms with Crippen molar-refractivity contribution in [3.8, 4) is 11.1 Å². The van der Waals surface area contributed by atoms with Gasteiger partial charge in [0.25, 0.3) is 11.8 Å². The van der Waals surface area contributed by atoms with Gasteiger partial charge in [0, 0.05) is 21.2 Å². The van der Waals surface area contributed by atoms with E-state index in [0.717, 1.165) is 21.6 Å². The average molecular weight is 667 g/mol. The molecule has 3 N–H and O–H groups in total. The zero-order chi connectivity index (χ0) is 32.5. The zero-order valence-electron chi connectivity index (χ0n) is 24.7. The van der Waals surface area contributed by atoms with Gasteiger partial charge < -0.3 is 16.0 Å². The molecule has 0 radical (unpaired) electrons. The van der Waals surface area contributed by atoms with Gasteiger partial charge in [0.2, 0.25) is 5.91 Å². The fraction of sp³-hybridized carbons (Fsp3) is 0.0541. The number of amides is 3. The lowest BCUT2D eigenvalue weighted by Gasteiger charge is -2.14. The quantitative estimate of drug-likeness (QED) is 0.103. The first kappa shape index (κ1) is 32.6. The van der Waals surface area contributed by atoms with Gasteiger partial charge in [-0.3, -0.25) is 14.4 Å². The van der Waals surface area contributed by atoms with Crippen LogP contribution in [0.2, 0.25) is 10.0 Å². The molecule has 0 spiro atoms. The van der Waals surface area contributed by atoms with Crippen LogP contribution in [0.4, 0.5) is 11.4 Å². The van der Waals surface area contributed by atoms with Crippen LogP contribution in [0.3, 0.4) is 0 Å². The summed E-state index contributed by atoms with van der Waals surface area (Å²) in [5.41, 5.74) is 4.35. The van der Waals surface area contributed by atoms with E-state index >= 15 is 0 Å². The monoisotopic (exact) mass is 665 g/mol. The first-order valence-corrected chi connectivity index (χ1v) is 16.0. The predicted molar refractivity (Wildman–Crippen MR) is 189 cm³/mol. The first-order chi connectivity index (χ1) is 22.2. The van der Waals surface area contributed by atoms with E-state index in [1.54, 1.807) is 67.6 Å². The minimum Gasteiger partial charge on any atom is -0.324 e. The zero-order valence-corrected chi connectivity index (χ0v) is 27.0. The van der Waals surface area contributed by atoms with Crippen LogP contribution in [0, 0.1) is 0 Å². The van der Waals surface area contributed by atoms with Crippen LogP contribution in [-0.4, -0.2) is 23.0 Å². The highest BCUT2D eigenvalue weighted by Crippen LogP contribution is 2.29. The molecule has 9 heteroatoms. The molecule has 0 aliphatic rings. The predicted octanol–water partition coefficient (Wildman–Crippen LogP) is 9.19. The molecule has 0 saturated heterocycles. The van der Waals surface area contributed by atoms with E-state index in [0.29, 0.717) is 27.0 Å². The lowest BCUT2D eigenvalue weighted by molar-refractivity contribution is -0.115. The number of thioether (sulfide) groups is 1. The number of nitrogens with one attached hydrogen (secondary N) is 3. The Morgan fingerprint density at radius 1 is 0.717 bits per heavy atom. The largest absolute Gasteiger partial charge is 0.324 e. The molecule has 1 unspecified atom stereocenters. The third kappa shape index (κ3) is 8.88. The average Bonchev–Trinajstić information content (AvgIpc) is 3.08. The van der Waals surface area contributed by atoms with Gasteiger partial charge in [0.1, 0.15) is 5.70 Å². The molecular formula is C37H29Cl2N3O3S. The molecule has 5 aromatic rings. The Hall–Kier alpha value is -4.82. The lowest BCUT2D eigenvalue weighted by Crippen LogP contribution is -2.30. The molecule has 46 heavy (non-hydrogen) atoms. The van der Waals surface area contributed by atoms with Gasteiger partial charge in [0.15, 0.2) is 0 Å². The number of carbonyl (C=O) groups is 3. The number of benzene rings is 5. The molecule has 5 aromatic carbocycles. The Balaban J connectivity index is 1.28. The maximum absolute atomic E-state index is 13.5. The number of anilines is 2. The number of hydrogen-bond acceptors (Lipinski definition) is 4. The third-order valence-electron chi connectivity index (χ3n) is 6.84. The molecule has 0 bridgehead atoms. The van der Waals surface area contributed by atoms with Crippen molar-refractivity contribution in [3.05, 3.63) is 154 Å². The van der Waals surface area contributed by atoms with Crippen molar-refractivity contribution >= 4 is 70.1 Å². The van der Waals surface area contributed by atoms with Crippen molar-refractivity contribution in [3.63, 3.8) is 0 Å². The van der Waals surface area contributed by atoms with Gasteiger partial charge in [-0.05, 0) is 84.3 Å². The molecule has 5 rings (SSSR count). The Labute approximate surface area is 281 Å². The Bertz CT molecular complexity index is 1860. The number of carbonyl (C=O) groups excluding carboxylic acids is 3. The van der Waals surface area contributed by atoms with Crippen molar-refractivity contribution in [1.82, 2.24) is 5.32 Å². The minimum atomic E-state index is -0.483. The number of rotatable bonds is 10. The van der Waals surface area contributed by atoms with E-state index in [4.69, 9.17) is 23.2 Å². The van der Waals surface area contributed by atoms with Crippen LogP contribution < -0.4 is 16.0 Å². The van der Waals surface area contributed by atoms with Crippen LogP contribution in [0.5, 0.6) is 0 Å². The third-order valence-corrected chi connectivity index (χ3v) is 8.51. The van der Waals surface area contributed by atoms with Crippen molar-refractivity contribution in [2.24, 2.45) is 0 Å². The summed E-state index contributed by atoms with van der Waals surface area (Å²) in [6.07, 6.45) is 1.64. The van der Waals surface area contributed by atoms with E-state index in [2.05, 4.69) is 16.0 Å². The van der Waals surface area contributed by atoms with Gasteiger partial charge in [-0.15, -0.1) is 11.8 Å². The van der Waals surface area contributed by atoms with E-state index in [1.165, 1.54) is 11.8 Å². The minimum absolute atomic E-state index is 0.0877.